The average Bonchev–Trinajstić information content (AvgIpc) is 2.53. The van der Waals surface area contributed by atoms with E-state index in [1.807, 2.05) is 80.3 Å². The minimum atomic E-state index is -0.184. The van der Waals surface area contributed by atoms with Gasteiger partial charge < -0.3 is 39.4 Å². The summed E-state index contributed by atoms with van der Waals surface area (Å²) in [6, 6.07) is -0.123. The Labute approximate surface area is 293 Å². The molecule has 0 heterocycles. The van der Waals surface area contributed by atoms with Crippen LogP contribution in [0.4, 0.5) is 4.79 Å². The van der Waals surface area contributed by atoms with Crippen molar-refractivity contribution in [3.63, 3.8) is 0 Å². The summed E-state index contributed by atoms with van der Waals surface area (Å²) in [7, 11) is 19.6. The van der Waals surface area contributed by atoms with E-state index in [0.717, 1.165) is 4.48 Å². The Morgan fingerprint density at radius 3 is 1.46 bits per heavy atom. The third-order valence-corrected chi connectivity index (χ3v) is 3.22. The van der Waals surface area contributed by atoms with Crippen LogP contribution >= 0.6 is 0 Å². The van der Waals surface area contributed by atoms with Crippen LogP contribution < -0.4 is 16.0 Å². The maximum atomic E-state index is 11.4. The van der Waals surface area contributed by atoms with Crippen molar-refractivity contribution in [2.75, 3.05) is 97.0 Å². The van der Waals surface area contributed by atoms with E-state index in [9.17, 15) is 14.4 Å². The number of nitrogens with zero attached hydrogens (tertiary/aromatic N) is 4. The van der Waals surface area contributed by atoms with E-state index in [4.69, 9.17) is 0 Å². The number of ketones is 1. The molecule has 0 unspecified atom stereocenters. The average molecular weight is 732 g/mol. The van der Waals surface area contributed by atoms with Gasteiger partial charge in [0.2, 0.25) is 5.91 Å². The summed E-state index contributed by atoms with van der Waals surface area (Å²) in [5, 5.41) is 8.23. The molecule has 10 nitrogen and oxygen atoms in total. The fourth-order valence-corrected chi connectivity index (χ4v) is 1.61. The fraction of sp³-hybridized carbons (Fsp3) is 0.773. The molecule has 0 spiro atoms. The first-order chi connectivity index (χ1) is 13.0. The number of carbonyl (C=O) groups excluding carboxylic acids is 3. The zero-order valence-electron chi connectivity index (χ0n) is 24.0. The van der Waals surface area contributed by atoms with Gasteiger partial charge in [0, 0.05) is 78.4 Å². The third kappa shape index (κ3) is 52.7. The Morgan fingerprint density at radius 2 is 1.11 bits per heavy atom. The summed E-state index contributed by atoms with van der Waals surface area (Å²) >= 11 is 0. The number of hydrogen-bond donors (Lipinski definition) is 3. The molecule has 0 aliphatic rings. The van der Waals surface area contributed by atoms with Crippen molar-refractivity contribution < 1.29 is 121 Å². The van der Waals surface area contributed by atoms with Crippen molar-refractivity contribution in [3.05, 3.63) is 14.9 Å². The van der Waals surface area contributed by atoms with E-state index in [1.165, 1.54) is 0 Å². The molecule has 0 aromatic rings. The van der Waals surface area contributed by atoms with Crippen molar-refractivity contribution in [1.82, 2.24) is 25.8 Å². The Morgan fingerprint density at radius 1 is 0.714 bits per heavy atom. The van der Waals surface area contributed by atoms with Crippen molar-refractivity contribution in [3.8, 4) is 0 Å². The van der Waals surface area contributed by atoms with Gasteiger partial charge in [-0.25, -0.2) is 4.79 Å². The molecule has 13 heteroatoms. The van der Waals surface area contributed by atoms with Crippen molar-refractivity contribution in [2.24, 2.45) is 0 Å². The third-order valence-electron chi connectivity index (χ3n) is 3.22. The number of quaternary nitrogens is 2. The summed E-state index contributed by atoms with van der Waals surface area (Å²) in [6.07, 6.45) is 0.429. The monoisotopic (exact) mass is 732 g/mol. The van der Waals surface area contributed by atoms with E-state index in [0.29, 0.717) is 37.5 Å². The first-order valence-corrected chi connectivity index (χ1v) is 9.72. The van der Waals surface area contributed by atoms with Gasteiger partial charge in [0.25, 0.3) is 0 Å². The molecule has 0 fully saturated rings. The molecule has 0 rings (SSSR count). The Kier molecular flexibility index (Phi) is 48.8. The van der Waals surface area contributed by atoms with Crippen molar-refractivity contribution >= 4 is 17.7 Å². The molecular formula is C22H55N7O3Y3+3. The Bertz CT molecular complexity index is 512. The molecule has 0 aromatic carbocycles. The molecule has 0 saturated heterocycles. The molecule has 3 N–H and O–H groups in total. The number of hydrogen-bond acceptors (Lipinski definition) is 5. The number of rotatable bonds is 11. The number of nitrogens with one attached hydrogen (secondary N) is 3. The van der Waals surface area contributed by atoms with Crippen LogP contribution in [0, 0.1) is 14.9 Å². The second-order valence-electron chi connectivity index (χ2n) is 9.69. The summed E-state index contributed by atoms with van der Waals surface area (Å²) < 4.78 is 1.37. The van der Waals surface area contributed by atoms with Crippen molar-refractivity contribution in [1.29, 1.82) is 0 Å². The van der Waals surface area contributed by atoms with E-state index in [2.05, 4.69) is 16.0 Å². The molecule has 0 atom stereocenters. The second kappa shape index (κ2) is 30.1. The molecule has 3 amide bonds. The first kappa shape index (κ1) is 56.7. The standard InChI is InChI=1S/C11H23N3O2.C8H20N4O.CH4.2CH3.3Y/c1-13(2)7-6-10(15)8-11(16)12-9-14(3,4)5;1-11(2)6-9-8(13)10-7-12(3,4)5;;;;;;/h6-9H2,1-5H3;6-7H2,1-5H3,(H-,9,10,13);1H4;2*1H3;;;/q;;;2*-1;;;+3/p+2. The maximum Gasteiger partial charge on any atom is 3.00 e. The second-order valence-corrected chi connectivity index (χ2v) is 9.69. The van der Waals surface area contributed by atoms with Gasteiger partial charge in [-0.05, 0) is 28.2 Å². The maximum absolute atomic E-state index is 11.4. The predicted molar refractivity (Wildman–Crippen MR) is 137 cm³/mol. The number of urea groups is 1. The van der Waals surface area contributed by atoms with Crippen LogP contribution in [0.2, 0.25) is 0 Å². The van der Waals surface area contributed by atoms with E-state index in [1.54, 1.807) is 0 Å². The topological polar surface area (TPSA) is 93.8 Å². The van der Waals surface area contributed by atoms with Gasteiger partial charge >= 0.3 is 38.7 Å². The number of Topliss-reactive ketones (excluding diaryl/α,β-unsaturated/α-hetero) is 1. The zero-order chi connectivity index (χ0) is 23.3. The van der Waals surface area contributed by atoms with Gasteiger partial charge in [-0.3, -0.25) is 19.8 Å². The van der Waals surface area contributed by atoms with Crippen LogP contribution in [0.3, 0.4) is 0 Å². The Hall–Kier alpha value is 1.56. The molecule has 0 saturated carbocycles. The normalized spacial score (nSPS) is 9.60. The molecular weight excluding hydrogens is 677 g/mol. The summed E-state index contributed by atoms with van der Waals surface area (Å²) in [5.74, 6) is -0.190. The van der Waals surface area contributed by atoms with Gasteiger partial charge in [0.1, 0.15) is 5.78 Å². The predicted octanol–water partition coefficient (Wildman–Crippen LogP) is 0.675. The van der Waals surface area contributed by atoms with E-state index in [-0.39, 0.29) is 145 Å². The molecule has 35 heavy (non-hydrogen) atoms. The van der Waals surface area contributed by atoms with Crippen LogP contribution in [-0.4, -0.2) is 134 Å². The minimum Gasteiger partial charge on any atom is -0.358 e. The number of amides is 3. The van der Waals surface area contributed by atoms with Gasteiger partial charge in [-0.2, -0.15) is 0 Å². The van der Waals surface area contributed by atoms with Crippen LogP contribution in [0.25, 0.3) is 0 Å². The van der Waals surface area contributed by atoms with E-state index >= 15 is 0 Å². The zero-order valence-corrected chi connectivity index (χ0v) is 32.5. The van der Waals surface area contributed by atoms with E-state index < -0.39 is 0 Å². The van der Waals surface area contributed by atoms with Crippen LogP contribution in [0.1, 0.15) is 20.3 Å². The number of carbonyl (C=O) groups is 3. The van der Waals surface area contributed by atoms with Gasteiger partial charge in [0.15, 0.2) is 13.3 Å². The molecule has 0 aromatic heterocycles. The summed E-state index contributed by atoms with van der Waals surface area (Å²) in [5.41, 5.74) is 0. The van der Waals surface area contributed by atoms with Crippen molar-refractivity contribution in [2.45, 2.75) is 20.3 Å². The van der Waals surface area contributed by atoms with Crippen LogP contribution in [0.15, 0.2) is 0 Å². The quantitative estimate of drug-likeness (QED) is 0.126. The molecule has 0 aliphatic carbocycles. The minimum absolute atomic E-state index is 0. The molecule has 202 valence electrons. The largest absolute Gasteiger partial charge is 3.00 e. The Balaban J connectivity index is -0.0000000601. The molecule has 0 bridgehead atoms. The SMILES string of the molecule is C.CN(C)CCC(=O)CC(=O)NC[N+](C)(C)C.CN(C)CNC(=O)NC[N+](C)(C)C.[CH3-].[CH3-].[Y+3].[Y].[Y]. The summed E-state index contributed by atoms with van der Waals surface area (Å²) in [4.78, 5) is 37.7. The molecule has 2 radical (unpaired) electrons. The van der Waals surface area contributed by atoms with Gasteiger partial charge in [-0.15, -0.1) is 0 Å². The van der Waals surface area contributed by atoms with Gasteiger partial charge in [0.05, 0.1) is 55.4 Å². The molecule has 0 aliphatic heterocycles. The first-order valence-electron chi connectivity index (χ1n) is 9.72. The fourth-order valence-electron chi connectivity index (χ4n) is 1.61. The van der Waals surface area contributed by atoms with Crippen LogP contribution in [0.5, 0.6) is 0 Å². The van der Waals surface area contributed by atoms with Crippen LogP contribution in [-0.2, 0) is 108 Å². The summed E-state index contributed by atoms with van der Waals surface area (Å²) in [6.45, 7) is 2.42. The smallest absolute Gasteiger partial charge is 0.358 e. The van der Waals surface area contributed by atoms with Gasteiger partial charge in [-0.1, -0.05) is 7.43 Å².